The first-order valence-corrected chi connectivity index (χ1v) is 5.27. The summed E-state index contributed by atoms with van der Waals surface area (Å²) in [4.78, 5) is 2.50. The summed E-state index contributed by atoms with van der Waals surface area (Å²) in [6, 6.07) is 0. The minimum Gasteiger partial charge on any atom is -0.357 e. The van der Waals surface area contributed by atoms with Gasteiger partial charge in [-0.3, -0.25) is 10.2 Å². The van der Waals surface area contributed by atoms with Gasteiger partial charge in [0.1, 0.15) is 0 Å². The first kappa shape index (κ1) is 9.44. The summed E-state index contributed by atoms with van der Waals surface area (Å²) in [5.74, 6) is 0.777. The van der Waals surface area contributed by atoms with E-state index in [0.29, 0.717) is 0 Å². The molecule has 0 aromatic rings. The van der Waals surface area contributed by atoms with E-state index >= 15 is 0 Å². The molecule has 2 saturated heterocycles. The summed E-state index contributed by atoms with van der Waals surface area (Å²) in [5, 5.41) is 3.22. The van der Waals surface area contributed by atoms with Crippen molar-refractivity contribution in [1.82, 2.24) is 10.2 Å². The molecule has 0 bridgehead atoms. The van der Waals surface area contributed by atoms with Crippen LogP contribution in [-0.2, 0) is 4.74 Å². The molecule has 0 atom stereocenters. The lowest BCUT2D eigenvalue weighted by molar-refractivity contribution is -0.170. The van der Waals surface area contributed by atoms with Crippen molar-refractivity contribution in [3.63, 3.8) is 0 Å². The molecule has 1 N–H and O–H groups in total. The smallest absolute Gasteiger partial charge is 0.0974 e. The Kier molecular flexibility index (Phi) is 2.58. The van der Waals surface area contributed by atoms with E-state index in [1.807, 2.05) is 0 Å². The van der Waals surface area contributed by atoms with Gasteiger partial charge in [0.05, 0.1) is 12.3 Å². The zero-order valence-corrected chi connectivity index (χ0v) is 8.68. The predicted octanol–water partition coefficient (Wildman–Crippen LogP) is 0.664. The third kappa shape index (κ3) is 2.03. The fourth-order valence-corrected chi connectivity index (χ4v) is 2.33. The second-order valence-electron chi connectivity index (χ2n) is 4.79. The minimum absolute atomic E-state index is 0.222. The second kappa shape index (κ2) is 3.56. The van der Waals surface area contributed by atoms with Crippen LogP contribution in [0.2, 0.25) is 0 Å². The standard InChI is InChI=1S/C10H20N2O/c1-9(2)5-12-6-10(7-12)3-4-11-8-13-10/h9,11H,3-8H2,1-2H3. The topological polar surface area (TPSA) is 24.5 Å². The lowest BCUT2D eigenvalue weighted by atomic mass is 9.88. The van der Waals surface area contributed by atoms with Gasteiger partial charge < -0.3 is 4.74 Å². The molecule has 2 aliphatic heterocycles. The Bertz CT molecular complexity index is 168. The van der Waals surface area contributed by atoms with E-state index in [1.165, 1.54) is 13.0 Å². The average molecular weight is 184 g/mol. The summed E-state index contributed by atoms with van der Waals surface area (Å²) in [6.45, 7) is 9.92. The molecular weight excluding hydrogens is 164 g/mol. The molecule has 2 heterocycles. The SMILES string of the molecule is CC(C)CN1CC2(CCNCO2)C1. The van der Waals surface area contributed by atoms with Crippen molar-refractivity contribution in [1.29, 1.82) is 0 Å². The molecule has 2 fully saturated rings. The molecule has 0 aromatic heterocycles. The van der Waals surface area contributed by atoms with Gasteiger partial charge in [-0.05, 0) is 12.3 Å². The number of hydrogen-bond donors (Lipinski definition) is 1. The monoisotopic (exact) mass is 184 g/mol. The van der Waals surface area contributed by atoms with Gasteiger partial charge in [0, 0.05) is 26.2 Å². The van der Waals surface area contributed by atoms with Gasteiger partial charge >= 0.3 is 0 Å². The van der Waals surface area contributed by atoms with Crippen LogP contribution in [0.25, 0.3) is 0 Å². The Hall–Kier alpha value is -0.120. The van der Waals surface area contributed by atoms with Crippen molar-refractivity contribution in [2.75, 3.05) is 32.9 Å². The maximum atomic E-state index is 5.76. The van der Waals surface area contributed by atoms with E-state index in [-0.39, 0.29) is 5.60 Å². The number of nitrogens with zero attached hydrogens (tertiary/aromatic N) is 1. The van der Waals surface area contributed by atoms with Crippen LogP contribution in [0.1, 0.15) is 20.3 Å². The van der Waals surface area contributed by atoms with Gasteiger partial charge in [0.15, 0.2) is 0 Å². The Morgan fingerprint density at radius 2 is 2.23 bits per heavy atom. The van der Waals surface area contributed by atoms with Crippen LogP contribution in [-0.4, -0.2) is 43.4 Å². The highest BCUT2D eigenvalue weighted by Crippen LogP contribution is 2.30. The van der Waals surface area contributed by atoms with Gasteiger partial charge in [-0.1, -0.05) is 13.8 Å². The summed E-state index contributed by atoms with van der Waals surface area (Å²) in [6.07, 6.45) is 1.18. The molecule has 13 heavy (non-hydrogen) atoms. The Balaban J connectivity index is 1.75. The summed E-state index contributed by atoms with van der Waals surface area (Å²) >= 11 is 0. The quantitative estimate of drug-likeness (QED) is 0.682. The summed E-state index contributed by atoms with van der Waals surface area (Å²) < 4.78 is 5.76. The number of likely N-dealkylation sites (tertiary alicyclic amines) is 1. The van der Waals surface area contributed by atoms with E-state index in [1.54, 1.807) is 0 Å². The lowest BCUT2D eigenvalue weighted by Gasteiger charge is -2.52. The van der Waals surface area contributed by atoms with Crippen LogP contribution < -0.4 is 5.32 Å². The molecule has 1 spiro atoms. The molecule has 0 saturated carbocycles. The molecule has 0 aliphatic carbocycles. The molecule has 0 amide bonds. The highest BCUT2D eigenvalue weighted by atomic mass is 16.5. The van der Waals surface area contributed by atoms with E-state index in [2.05, 4.69) is 24.1 Å². The molecular formula is C10H20N2O. The molecule has 0 aromatic carbocycles. The number of rotatable bonds is 2. The van der Waals surface area contributed by atoms with Crippen LogP contribution in [0.15, 0.2) is 0 Å². The third-order valence-corrected chi connectivity index (χ3v) is 2.88. The zero-order chi connectivity index (χ0) is 9.31. The van der Waals surface area contributed by atoms with Crippen LogP contribution in [0.3, 0.4) is 0 Å². The summed E-state index contributed by atoms with van der Waals surface area (Å²) in [7, 11) is 0. The van der Waals surface area contributed by atoms with Crippen molar-refractivity contribution in [3.05, 3.63) is 0 Å². The summed E-state index contributed by atoms with van der Waals surface area (Å²) in [5.41, 5.74) is 0.222. The number of nitrogens with one attached hydrogen (secondary N) is 1. The van der Waals surface area contributed by atoms with Crippen LogP contribution in [0.4, 0.5) is 0 Å². The number of ether oxygens (including phenoxy) is 1. The fourth-order valence-electron chi connectivity index (χ4n) is 2.33. The van der Waals surface area contributed by atoms with Gasteiger partial charge in [0.2, 0.25) is 0 Å². The Labute approximate surface area is 80.4 Å². The first-order chi connectivity index (χ1) is 6.20. The van der Waals surface area contributed by atoms with Crippen LogP contribution >= 0.6 is 0 Å². The van der Waals surface area contributed by atoms with Gasteiger partial charge in [-0.2, -0.15) is 0 Å². The normalized spacial score (nSPS) is 27.9. The molecule has 2 rings (SSSR count). The second-order valence-corrected chi connectivity index (χ2v) is 4.79. The van der Waals surface area contributed by atoms with E-state index < -0.39 is 0 Å². The van der Waals surface area contributed by atoms with E-state index in [9.17, 15) is 0 Å². The van der Waals surface area contributed by atoms with Gasteiger partial charge in [-0.25, -0.2) is 0 Å². The van der Waals surface area contributed by atoms with Crippen molar-refractivity contribution in [3.8, 4) is 0 Å². The van der Waals surface area contributed by atoms with Crippen molar-refractivity contribution in [2.45, 2.75) is 25.9 Å². The average Bonchev–Trinajstić information content (AvgIpc) is 2.02. The molecule has 3 heteroatoms. The number of hydrogen-bond acceptors (Lipinski definition) is 3. The van der Waals surface area contributed by atoms with E-state index in [0.717, 1.165) is 32.3 Å². The van der Waals surface area contributed by atoms with Crippen LogP contribution in [0.5, 0.6) is 0 Å². The van der Waals surface area contributed by atoms with Crippen molar-refractivity contribution >= 4 is 0 Å². The van der Waals surface area contributed by atoms with Gasteiger partial charge in [-0.15, -0.1) is 0 Å². The van der Waals surface area contributed by atoms with Gasteiger partial charge in [0.25, 0.3) is 0 Å². The zero-order valence-electron chi connectivity index (χ0n) is 8.68. The largest absolute Gasteiger partial charge is 0.357 e. The van der Waals surface area contributed by atoms with Crippen LogP contribution in [0, 0.1) is 5.92 Å². The molecule has 0 unspecified atom stereocenters. The Morgan fingerprint density at radius 1 is 1.46 bits per heavy atom. The highest BCUT2D eigenvalue weighted by Gasteiger charge is 2.44. The molecule has 3 nitrogen and oxygen atoms in total. The molecule has 76 valence electrons. The lowest BCUT2D eigenvalue weighted by Crippen LogP contribution is -2.66. The fraction of sp³-hybridized carbons (Fsp3) is 1.00. The Morgan fingerprint density at radius 3 is 2.77 bits per heavy atom. The highest BCUT2D eigenvalue weighted by molar-refractivity contribution is 4.98. The maximum Gasteiger partial charge on any atom is 0.0974 e. The van der Waals surface area contributed by atoms with Crippen molar-refractivity contribution in [2.24, 2.45) is 5.92 Å². The molecule has 0 radical (unpaired) electrons. The molecule has 2 aliphatic rings. The maximum absolute atomic E-state index is 5.76. The third-order valence-electron chi connectivity index (χ3n) is 2.88. The van der Waals surface area contributed by atoms with Crippen molar-refractivity contribution < 1.29 is 4.74 Å². The van der Waals surface area contributed by atoms with E-state index in [4.69, 9.17) is 4.74 Å². The minimum atomic E-state index is 0.222. The predicted molar refractivity (Wildman–Crippen MR) is 52.6 cm³/mol. The first-order valence-electron chi connectivity index (χ1n) is 5.27.